The van der Waals surface area contributed by atoms with E-state index in [4.69, 9.17) is 0 Å². The van der Waals surface area contributed by atoms with Gasteiger partial charge < -0.3 is 0 Å². The van der Waals surface area contributed by atoms with Crippen molar-refractivity contribution in [1.82, 2.24) is 0 Å². The first-order valence-corrected chi connectivity index (χ1v) is 8.10. The molecule has 1 fully saturated rings. The highest BCUT2D eigenvalue weighted by Crippen LogP contribution is 2.51. The maximum atomic E-state index is 2.36. The Labute approximate surface area is 124 Å². The van der Waals surface area contributed by atoms with Crippen LogP contribution in [0.15, 0.2) is 36.4 Å². The summed E-state index contributed by atoms with van der Waals surface area (Å²) in [6, 6.07) is 13.8. The third-order valence-electron chi connectivity index (χ3n) is 5.42. The Kier molecular flexibility index (Phi) is 3.40. The van der Waals surface area contributed by atoms with Crippen molar-refractivity contribution in [2.45, 2.75) is 51.3 Å². The van der Waals surface area contributed by atoms with Crippen molar-refractivity contribution in [3.63, 3.8) is 0 Å². The lowest BCUT2D eigenvalue weighted by molar-refractivity contribution is 0.654. The van der Waals surface area contributed by atoms with Gasteiger partial charge >= 0.3 is 0 Å². The molecule has 0 heterocycles. The molecule has 0 bridgehead atoms. The minimum atomic E-state index is 0.256. The van der Waals surface area contributed by atoms with Gasteiger partial charge in [-0.2, -0.15) is 0 Å². The van der Waals surface area contributed by atoms with Crippen LogP contribution in [0.4, 0.5) is 0 Å². The summed E-state index contributed by atoms with van der Waals surface area (Å²) in [6.45, 7) is 6.97. The van der Waals surface area contributed by atoms with Gasteiger partial charge in [0.05, 0.1) is 0 Å². The molecule has 1 saturated carbocycles. The average Bonchev–Trinajstić information content (AvgIpc) is 3.25. The number of benzene rings is 2. The summed E-state index contributed by atoms with van der Waals surface area (Å²) in [4.78, 5) is 0. The van der Waals surface area contributed by atoms with E-state index in [2.05, 4.69) is 65.0 Å². The SMILES string of the molecule is BC(C)(CC)c1cccc2c(C3CC3CC)cccc12. The Morgan fingerprint density at radius 3 is 2.45 bits per heavy atom. The minimum Gasteiger partial charge on any atom is -0.0652 e. The van der Waals surface area contributed by atoms with E-state index in [-0.39, 0.29) is 5.31 Å². The van der Waals surface area contributed by atoms with E-state index in [1.807, 2.05) is 0 Å². The average molecular weight is 264 g/mol. The molecule has 0 spiro atoms. The zero-order valence-electron chi connectivity index (χ0n) is 13.2. The second-order valence-corrected chi connectivity index (χ2v) is 7.00. The smallest absolute Gasteiger partial charge is 0.0652 e. The molecule has 2 aromatic carbocycles. The van der Waals surface area contributed by atoms with Crippen LogP contribution >= 0.6 is 0 Å². The zero-order chi connectivity index (χ0) is 14.3. The predicted molar refractivity (Wildman–Crippen MR) is 91.3 cm³/mol. The number of hydrogen-bond donors (Lipinski definition) is 0. The van der Waals surface area contributed by atoms with Gasteiger partial charge in [-0.3, -0.25) is 0 Å². The lowest BCUT2D eigenvalue weighted by Gasteiger charge is -2.25. The summed E-state index contributed by atoms with van der Waals surface area (Å²) in [6.07, 6.45) is 3.88. The quantitative estimate of drug-likeness (QED) is 0.707. The summed E-state index contributed by atoms with van der Waals surface area (Å²) in [7, 11) is 2.36. The summed E-state index contributed by atoms with van der Waals surface area (Å²) in [5, 5.41) is 3.22. The van der Waals surface area contributed by atoms with E-state index in [0.29, 0.717) is 0 Å². The van der Waals surface area contributed by atoms with Gasteiger partial charge in [0.15, 0.2) is 0 Å². The molecule has 0 N–H and O–H groups in total. The predicted octanol–water partition coefficient (Wildman–Crippen LogP) is 4.61. The van der Waals surface area contributed by atoms with Crippen molar-refractivity contribution in [3.05, 3.63) is 47.5 Å². The first kappa shape index (κ1) is 13.7. The Morgan fingerprint density at radius 1 is 1.10 bits per heavy atom. The van der Waals surface area contributed by atoms with Crippen LogP contribution in [-0.2, 0) is 5.31 Å². The third-order valence-corrected chi connectivity index (χ3v) is 5.42. The van der Waals surface area contributed by atoms with Crippen LogP contribution in [0.5, 0.6) is 0 Å². The van der Waals surface area contributed by atoms with Gasteiger partial charge in [0.1, 0.15) is 7.85 Å². The van der Waals surface area contributed by atoms with Gasteiger partial charge in [-0.1, -0.05) is 70.0 Å². The molecule has 0 amide bonds. The molecule has 3 unspecified atom stereocenters. The summed E-state index contributed by atoms with van der Waals surface area (Å²) in [5.74, 6) is 1.73. The van der Waals surface area contributed by atoms with Gasteiger partial charge in [-0.15, -0.1) is 0 Å². The molecule has 0 saturated heterocycles. The van der Waals surface area contributed by atoms with Crippen molar-refractivity contribution in [3.8, 4) is 0 Å². The Hall–Kier alpha value is -1.24. The van der Waals surface area contributed by atoms with Gasteiger partial charge in [0.25, 0.3) is 0 Å². The van der Waals surface area contributed by atoms with E-state index in [1.165, 1.54) is 35.6 Å². The first-order valence-electron chi connectivity index (χ1n) is 8.10. The molecule has 3 rings (SSSR count). The lowest BCUT2D eigenvalue weighted by Crippen LogP contribution is -2.21. The maximum absolute atomic E-state index is 2.36. The normalized spacial score (nSPS) is 24.6. The molecule has 0 aliphatic heterocycles. The number of rotatable bonds is 4. The van der Waals surface area contributed by atoms with Crippen LogP contribution in [0.3, 0.4) is 0 Å². The molecule has 20 heavy (non-hydrogen) atoms. The molecule has 0 nitrogen and oxygen atoms in total. The summed E-state index contributed by atoms with van der Waals surface area (Å²) < 4.78 is 0. The van der Waals surface area contributed by atoms with Crippen molar-refractivity contribution < 1.29 is 0 Å². The van der Waals surface area contributed by atoms with Crippen molar-refractivity contribution in [1.29, 1.82) is 0 Å². The fourth-order valence-electron chi connectivity index (χ4n) is 3.52. The fourth-order valence-corrected chi connectivity index (χ4v) is 3.52. The number of fused-ring (bicyclic) bond motifs is 1. The van der Waals surface area contributed by atoms with E-state index in [0.717, 1.165) is 11.8 Å². The Balaban J connectivity index is 2.15. The van der Waals surface area contributed by atoms with Crippen molar-refractivity contribution in [2.75, 3.05) is 0 Å². The Morgan fingerprint density at radius 2 is 1.80 bits per heavy atom. The highest BCUT2D eigenvalue weighted by molar-refractivity contribution is 6.17. The van der Waals surface area contributed by atoms with Crippen LogP contribution < -0.4 is 0 Å². The second kappa shape index (κ2) is 4.95. The minimum absolute atomic E-state index is 0.256. The summed E-state index contributed by atoms with van der Waals surface area (Å²) in [5.41, 5.74) is 3.09. The lowest BCUT2D eigenvalue weighted by atomic mass is 9.63. The van der Waals surface area contributed by atoms with Gasteiger partial charge in [-0.25, -0.2) is 0 Å². The standard InChI is InChI=1S/C19H25B/c1-4-13-12-17(13)15-8-6-10-16-14(15)9-7-11-18(16)19(3,20)5-2/h6-11,13,17H,4-5,12,20H2,1-3H3. The maximum Gasteiger partial charge on any atom is 0.114 e. The highest BCUT2D eigenvalue weighted by Gasteiger charge is 2.37. The monoisotopic (exact) mass is 264 g/mol. The molecule has 1 heteroatoms. The van der Waals surface area contributed by atoms with E-state index in [9.17, 15) is 0 Å². The van der Waals surface area contributed by atoms with E-state index in [1.54, 1.807) is 5.56 Å². The third kappa shape index (κ3) is 2.18. The van der Waals surface area contributed by atoms with Crippen molar-refractivity contribution in [2.24, 2.45) is 5.92 Å². The Bertz CT molecular complexity index is 627. The van der Waals surface area contributed by atoms with Crippen LogP contribution in [-0.4, -0.2) is 7.85 Å². The van der Waals surface area contributed by atoms with E-state index >= 15 is 0 Å². The first-order chi connectivity index (χ1) is 9.58. The molecule has 1 aliphatic rings. The van der Waals surface area contributed by atoms with Crippen LogP contribution in [0.25, 0.3) is 10.8 Å². The second-order valence-electron chi connectivity index (χ2n) is 7.00. The van der Waals surface area contributed by atoms with Crippen LogP contribution in [0, 0.1) is 5.92 Å². The van der Waals surface area contributed by atoms with Crippen LogP contribution in [0.2, 0.25) is 0 Å². The molecule has 1 aliphatic carbocycles. The molecular formula is C19H25B. The van der Waals surface area contributed by atoms with Crippen molar-refractivity contribution >= 4 is 18.6 Å². The molecule has 3 atom stereocenters. The zero-order valence-corrected chi connectivity index (χ0v) is 13.2. The molecule has 0 aromatic heterocycles. The van der Waals surface area contributed by atoms with Gasteiger partial charge in [0.2, 0.25) is 0 Å². The highest BCUT2D eigenvalue weighted by atomic mass is 14.4. The van der Waals surface area contributed by atoms with Gasteiger partial charge in [-0.05, 0) is 45.5 Å². The van der Waals surface area contributed by atoms with Crippen LogP contribution in [0.1, 0.15) is 57.1 Å². The molecular weight excluding hydrogens is 239 g/mol. The molecule has 0 radical (unpaired) electrons. The summed E-state index contributed by atoms with van der Waals surface area (Å²) >= 11 is 0. The van der Waals surface area contributed by atoms with E-state index < -0.39 is 0 Å². The number of hydrogen-bond acceptors (Lipinski definition) is 0. The molecule has 104 valence electrons. The topological polar surface area (TPSA) is 0 Å². The molecule has 2 aromatic rings. The fraction of sp³-hybridized carbons (Fsp3) is 0.474. The van der Waals surface area contributed by atoms with Gasteiger partial charge in [0, 0.05) is 0 Å². The largest absolute Gasteiger partial charge is 0.114 e.